The third-order valence-electron chi connectivity index (χ3n) is 9.16. The Morgan fingerprint density at radius 3 is 2.67 bits per heavy atom. The number of pyridine rings is 1. The van der Waals surface area contributed by atoms with Crippen LogP contribution in [0.5, 0.6) is 17.2 Å². The summed E-state index contributed by atoms with van der Waals surface area (Å²) in [6.45, 7) is 7.43. The van der Waals surface area contributed by atoms with Crippen molar-refractivity contribution >= 4 is 17.6 Å². The van der Waals surface area contributed by atoms with E-state index < -0.39 is 17.6 Å². The number of nitrogens with zero attached hydrogens (tertiary/aromatic N) is 3. The van der Waals surface area contributed by atoms with Crippen LogP contribution in [0.4, 0.5) is 19.0 Å². The number of amides is 2. The number of piperazine rings is 1. The third kappa shape index (κ3) is 5.84. The van der Waals surface area contributed by atoms with Gasteiger partial charge in [-0.2, -0.15) is 13.2 Å². The van der Waals surface area contributed by atoms with E-state index in [2.05, 4.69) is 34.4 Å². The molecule has 0 radical (unpaired) electrons. The Morgan fingerprint density at radius 1 is 1.11 bits per heavy atom. The number of benzene rings is 2. The van der Waals surface area contributed by atoms with Crippen LogP contribution >= 0.6 is 0 Å². The SMILES string of the molecule is CC(C)N1CCN(Cc2ccc(C(=O)N[C@@H]3[C@H]4Oc5ccc(Oc6ccnc7c6CCC(=O)N7)cc5[C@@H]34)cc2C(F)(F)F)CC1. The number of hydrogen-bond acceptors (Lipinski definition) is 7. The van der Waals surface area contributed by atoms with Gasteiger partial charge in [0.1, 0.15) is 29.2 Å². The van der Waals surface area contributed by atoms with Crippen LogP contribution in [0.25, 0.3) is 0 Å². The third-order valence-corrected chi connectivity index (χ3v) is 9.16. The first-order valence-corrected chi connectivity index (χ1v) is 15.3. The maximum absolute atomic E-state index is 14.1. The van der Waals surface area contributed by atoms with E-state index in [1.807, 2.05) is 17.0 Å². The predicted molar refractivity (Wildman–Crippen MR) is 160 cm³/mol. The molecule has 4 aliphatic rings. The van der Waals surface area contributed by atoms with Gasteiger partial charge in [-0.15, -0.1) is 0 Å². The summed E-state index contributed by atoms with van der Waals surface area (Å²) in [5.41, 5.74) is 1.04. The lowest BCUT2D eigenvalue weighted by Crippen LogP contribution is -2.48. The van der Waals surface area contributed by atoms with Crippen molar-refractivity contribution in [3.63, 3.8) is 0 Å². The van der Waals surface area contributed by atoms with Gasteiger partial charge in [-0.05, 0) is 62.2 Å². The smallest absolute Gasteiger partial charge is 0.416 e. The quantitative estimate of drug-likeness (QED) is 0.385. The number of aromatic nitrogens is 1. The van der Waals surface area contributed by atoms with Crippen molar-refractivity contribution in [1.82, 2.24) is 20.1 Å². The van der Waals surface area contributed by atoms with Crippen molar-refractivity contribution in [2.24, 2.45) is 0 Å². The van der Waals surface area contributed by atoms with Crippen molar-refractivity contribution in [3.05, 3.63) is 76.5 Å². The van der Waals surface area contributed by atoms with Gasteiger partial charge in [0.2, 0.25) is 5.91 Å². The molecule has 1 aliphatic carbocycles. The van der Waals surface area contributed by atoms with Crippen molar-refractivity contribution in [2.75, 3.05) is 31.5 Å². The fourth-order valence-electron chi connectivity index (χ4n) is 6.59. The molecule has 7 rings (SSSR count). The fourth-order valence-corrected chi connectivity index (χ4v) is 6.59. The molecule has 2 fully saturated rings. The Hall–Kier alpha value is -4.16. The summed E-state index contributed by atoms with van der Waals surface area (Å²) in [5, 5.41) is 5.65. The maximum atomic E-state index is 14.1. The minimum absolute atomic E-state index is 0.0347. The molecule has 2 aromatic carbocycles. The highest BCUT2D eigenvalue weighted by Gasteiger charge is 2.59. The Morgan fingerprint density at radius 2 is 1.91 bits per heavy atom. The topological polar surface area (TPSA) is 96.0 Å². The minimum atomic E-state index is -4.58. The van der Waals surface area contributed by atoms with Gasteiger partial charge >= 0.3 is 6.18 Å². The molecule has 4 heterocycles. The molecule has 1 aromatic heterocycles. The summed E-state index contributed by atoms with van der Waals surface area (Å²) >= 11 is 0. The number of halogens is 3. The molecule has 0 spiro atoms. The Bertz CT molecular complexity index is 1650. The monoisotopic (exact) mass is 621 g/mol. The predicted octanol–water partition coefficient (Wildman–Crippen LogP) is 4.96. The van der Waals surface area contributed by atoms with E-state index in [-0.39, 0.29) is 41.6 Å². The van der Waals surface area contributed by atoms with Crippen molar-refractivity contribution < 1.29 is 32.2 Å². The highest BCUT2D eigenvalue weighted by molar-refractivity contribution is 5.95. The van der Waals surface area contributed by atoms with E-state index in [1.54, 1.807) is 18.3 Å². The minimum Gasteiger partial charge on any atom is -0.487 e. The van der Waals surface area contributed by atoms with Gasteiger partial charge in [0.15, 0.2) is 0 Å². The molecule has 3 aromatic rings. The molecule has 45 heavy (non-hydrogen) atoms. The normalized spacial score (nSPS) is 22.6. The lowest BCUT2D eigenvalue weighted by molar-refractivity contribution is -0.138. The van der Waals surface area contributed by atoms with E-state index in [0.29, 0.717) is 55.0 Å². The molecule has 1 saturated heterocycles. The summed E-state index contributed by atoms with van der Waals surface area (Å²) in [4.78, 5) is 33.5. The van der Waals surface area contributed by atoms with Gasteiger partial charge in [0.05, 0.1) is 17.5 Å². The lowest BCUT2D eigenvalue weighted by Gasteiger charge is -2.37. The highest BCUT2D eigenvalue weighted by Crippen LogP contribution is 2.54. The maximum Gasteiger partial charge on any atom is 0.416 e. The van der Waals surface area contributed by atoms with E-state index in [4.69, 9.17) is 9.47 Å². The first-order valence-electron chi connectivity index (χ1n) is 15.3. The Labute approximate surface area is 258 Å². The van der Waals surface area contributed by atoms with Crippen LogP contribution in [0.2, 0.25) is 0 Å². The average molecular weight is 622 g/mol. The van der Waals surface area contributed by atoms with E-state index in [1.165, 1.54) is 12.1 Å². The first-order chi connectivity index (χ1) is 21.5. The Kier molecular flexibility index (Phi) is 7.44. The molecule has 2 amide bonds. The number of nitrogens with one attached hydrogen (secondary N) is 2. The summed E-state index contributed by atoms with van der Waals surface area (Å²) in [6.07, 6.45) is -2.44. The number of carbonyl (C=O) groups is 2. The molecular formula is C33H34F3N5O4. The molecule has 12 heteroatoms. The van der Waals surface area contributed by atoms with E-state index >= 15 is 0 Å². The standard InChI is InChI=1S/C33H34F3N5O4/c1-18(2)41-13-11-40(12-14-41)17-20-4-3-19(15-24(20)33(34,35)36)32(43)39-29-28-23-16-21(5-7-25(23)45-30(28)29)44-26-9-10-37-31-22(26)6-8-27(42)38-31/h3-5,7,9-10,15-16,18,28-30H,6,8,11-14,17H2,1-2H3,(H,39,43)(H,37,38,42)/t28-,29-,30-/m0/s1. The van der Waals surface area contributed by atoms with Gasteiger partial charge in [0.25, 0.3) is 5.91 Å². The summed E-state index contributed by atoms with van der Waals surface area (Å²) < 4.78 is 54.6. The molecule has 1 saturated carbocycles. The second-order valence-corrected chi connectivity index (χ2v) is 12.4. The molecule has 2 N–H and O–H groups in total. The summed E-state index contributed by atoms with van der Waals surface area (Å²) in [7, 11) is 0. The molecule has 236 valence electrons. The summed E-state index contributed by atoms with van der Waals surface area (Å²) in [6, 6.07) is 11.1. The lowest BCUT2D eigenvalue weighted by atomic mass is 10.0. The van der Waals surface area contributed by atoms with Crippen LogP contribution in [0.1, 0.15) is 58.8 Å². The molecule has 3 atom stereocenters. The summed E-state index contributed by atoms with van der Waals surface area (Å²) in [5.74, 6) is 1.54. The molecule has 0 unspecified atom stereocenters. The van der Waals surface area contributed by atoms with Crippen LogP contribution < -0.4 is 20.1 Å². The highest BCUT2D eigenvalue weighted by atomic mass is 19.4. The second-order valence-electron chi connectivity index (χ2n) is 12.4. The average Bonchev–Trinajstić information content (AvgIpc) is 3.52. The number of carbonyl (C=O) groups excluding carboxylic acids is 2. The largest absolute Gasteiger partial charge is 0.487 e. The first kappa shape index (κ1) is 29.5. The van der Waals surface area contributed by atoms with Crippen molar-refractivity contribution in [2.45, 2.75) is 63.5 Å². The number of hydrogen-bond donors (Lipinski definition) is 2. The van der Waals surface area contributed by atoms with Crippen LogP contribution in [-0.4, -0.2) is 71.0 Å². The number of rotatable bonds is 7. The van der Waals surface area contributed by atoms with Crippen LogP contribution in [-0.2, 0) is 23.9 Å². The van der Waals surface area contributed by atoms with Gasteiger partial charge in [0, 0.05) is 68.1 Å². The Balaban J connectivity index is 1.02. The molecule has 3 aliphatic heterocycles. The van der Waals surface area contributed by atoms with Gasteiger partial charge < -0.3 is 20.1 Å². The van der Waals surface area contributed by atoms with Crippen molar-refractivity contribution in [3.8, 4) is 17.2 Å². The number of ether oxygens (including phenoxy) is 2. The van der Waals surface area contributed by atoms with Gasteiger partial charge in [-0.3, -0.25) is 19.4 Å². The zero-order chi connectivity index (χ0) is 31.5. The van der Waals surface area contributed by atoms with Crippen molar-refractivity contribution in [1.29, 1.82) is 0 Å². The molecule has 9 nitrogen and oxygen atoms in total. The number of alkyl halides is 3. The fraction of sp³-hybridized carbons (Fsp3) is 0.424. The zero-order valence-electron chi connectivity index (χ0n) is 25.0. The van der Waals surface area contributed by atoms with Crippen LogP contribution in [0.15, 0.2) is 48.7 Å². The van der Waals surface area contributed by atoms with Crippen LogP contribution in [0.3, 0.4) is 0 Å². The number of fused-ring (bicyclic) bond motifs is 4. The zero-order valence-corrected chi connectivity index (χ0v) is 25.0. The van der Waals surface area contributed by atoms with Crippen LogP contribution in [0, 0.1) is 0 Å². The van der Waals surface area contributed by atoms with E-state index in [9.17, 15) is 22.8 Å². The molecular weight excluding hydrogens is 587 g/mol. The number of anilines is 1. The second kappa shape index (κ2) is 11.3. The van der Waals surface area contributed by atoms with Gasteiger partial charge in [-0.25, -0.2) is 4.98 Å². The van der Waals surface area contributed by atoms with Gasteiger partial charge in [-0.1, -0.05) is 6.07 Å². The molecule has 0 bridgehead atoms. The van der Waals surface area contributed by atoms with E-state index in [0.717, 1.165) is 30.3 Å².